The summed E-state index contributed by atoms with van der Waals surface area (Å²) in [5.74, 6) is 0. The molecule has 0 bridgehead atoms. The molecule has 1 aliphatic rings. The van der Waals surface area contributed by atoms with E-state index >= 15 is 0 Å². The minimum Gasteiger partial charge on any atom is -0.456 e. The molecule has 1 heterocycles. The second kappa shape index (κ2) is 17.4. The number of hydrogen-bond acceptors (Lipinski definition) is 2. The molecular formula is C71H47NO. The summed E-state index contributed by atoms with van der Waals surface area (Å²) in [6.45, 7) is 0. The van der Waals surface area contributed by atoms with Crippen LogP contribution in [-0.4, -0.2) is 0 Å². The van der Waals surface area contributed by atoms with Gasteiger partial charge < -0.3 is 9.32 Å². The summed E-state index contributed by atoms with van der Waals surface area (Å²) in [6, 6.07) is 104. The van der Waals surface area contributed by atoms with E-state index < -0.39 is 5.41 Å². The third kappa shape index (κ3) is 7.10. The van der Waals surface area contributed by atoms with Gasteiger partial charge >= 0.3 is 0 Å². The van der Waals surface area contributed by atoms with Gasteiger partial charge in [-0.1, -0.05) is 224 Å². The van der Waals surface area contributed by atoms with Crippen LogP contribution in [0.15, 0.2) is 290 Å². The Morgan fingerprint density at radius 3 is 1.38 bits per heavy atom. The average Bonchev–Trinajstić information content (AvgIpc) is 4.05. The number of furan rings is 1. The van der Waals surface area contributed by atoms with Gasteiger partial charge in [0.15, 0.2) is 0 Å². The molecule has 1 aliphatic carbocycles. The molecule has 0 saturated heterocycles. The minimum atomic E-state index is -0.461. The lowest BCUT2D eigenvalue weighted by molar-refractivity contribution is 0.669. The van der Waals surface area contributed by atoms with E-state index in [1.54, 1.807) is 0 Å². The number of hydrogen-bond donors (Lipinski definition) is 0. The van der Waals surface area contributed by atoms with Crippen molar-refractivity contribution in [2.24, 2.45) is 0 Å². The maximum absolute atomic E-state index is 6.18. The summed E-state index contributed by atoms with van der Waals surface area (Å²) < 4.78 is 6.18. The lowest BCUT2D eigenvalue weighted by atomic mass is 9.67. The van der Waals surface area contributed by atoms with Crippen molar-refractivity contribution in [2.45, 2.75) is 5.41 Å². The Hall–Kier alpha value is -9.50. The standard InChI is InChI=1S/C71H47NO/c1-3-16-57(17-4-1)71(58-18-5-2-6-19-58)66-23-11-9-21-64(66)70-62(22-13-24-67(70)71)53-36-43-61(44-37-53)72(60-41-34-52(35-42-60)56-38-45-69-65(47-56)63-20-10-12-25-68(63)73-69)59-39-32-50(33-40-59)49-26-28-51(29-27-49)55-31-30-48-14-7-8-15-54(48)46-55/h1-47H. The number of fused-ring (bicyclic) bond motifs is 7. The summed E-state index contributed by atoms with van der Waals surface area (Å²) in [7, 11) is 0. The third-order valence-corrected chi connectivity index (χ3v) is 15.2. The van der Waals surface area contributed by atoms with Crippen LogP contribution in [0.25, 0.3) is 88.3 Å². The molecule has 12 aromatic carbocycles. The smallest absolute Gasteiger partial charge is 0.135 e. The first-order chi connectivity index (χ1) is 36.2. The van der Waals surface area contributed by atoms with Crippen molar-refractivity contribution >= 4 is 49.8 Å². The maximum atomic E-state index is 6.18. The molecule has 0 amide bonds. The van der Waals surface area contributed by atoms with Crippen molar-refractivity contribution in [3.63, 3.8) is 0 Å². The summed E-state index contributed by atoms with van der Waals surface area (Å²) >= 11 is 0. The van der Waals surface area contributed by atoms with Crippen LogP contribution in [0.3, 0.4) is 0 Å². The highest BCUT2D eigenvalue weighted by Gasteiger charge is 2.46. The van der Waals surface area contributed by atoms with E-state index in [1.165, 1.54) is 77.5 Å². The van der Waals surface area contributed by atoms with Crippen LogP contribution >= 0.6 is 0 Å². The normalized spacial score (nSPS) is 12.5. The van der Waals surface area contributed by atoms with Crippen molar-refractivity contribution < 1.29 is 4.42 Å². The van der Waals surface area contributed by atoms with Crippen molar-refractivity contribution in [1.82, 2.24) is 0 Å². The highest BCUT2D eigenvalue weighted by atomic mass is 16.3. The summed E-state index contributed by atoms with van der Waals surface area (Å²) in [5.41, 5.74) is 21.7. The molecule has 13 aromatic rings. The molecule has 2 heteroatoms. The van der Waals surface area contributed by atoms with Gasteiger partial charge in [0.25, 0.3) is 0 Å². The Morgan fingerprint density at radius 2 is 0.726 bits per heavy atom. The van der Waals surface area contributed by atoms with Crippen LogP contribution in [0.2, 0.25) is 0 Å². The first kappa shape index (κ1) is 42.4. The fraction of sp³-hybridized carbons (Fsp3) is 0.0141. The van der Waals surface area contributed by atoms with Gasteiger partial charge in [-0.25, -0.2) is 0 Å². The molecule has 0 fully saturated rings. The summed E-state index contributed by atoms with van der Waals surface area (Å²) in [5, 5.41) is 4.76. The van der Waals surface area contributed by atoms with Crippen LogP contribution in [0.1, 0.15) is 22.3 Å². The number of para-hydroxylation sites is 1. The number of rotatable bonds is 9. The van der Waals surface area contributed by atoms with Crippen LogP contribution in [-0.2, 0) is 5.41 Å². The number of anilines is 3. The van der Waals surface area contributed by atoms with Gasteiger partial charge in [-0.15, -0.1) is 0 Å². The van der Waals surface area contributed by atoms with E-state index in [1.807, 2.05) is 12.1 Å². The van der Waals surface area contributed by atoms with E-state index in [2.05, 4.69) is 278 Å². The zero-order valence-electron chi connectivity index (χ0n) is 40.0. The molecule has 73 heavy (non-hydrogen) atoms. The topological polar surface area (TPSA) is 16.4 Å². The monoisotopic (exact) mass is 929 g/mol. The molecule has 0 aliphatic heterocycles. The second-order valence-corrected chi connectivity index (χ2v) is 19.2. The van der Waals surface area contributed by atoms with Gasteiger partial charge in [-0.2, -0.15) is 0 Å². The molecule has 342 valence electrons. The molecule has 1 aromatic heterocycles. The van der Waals surface area contributed by atoms with Gasteiger partial charge in [0.1, 0.15) is 11.2 Å². The first-order valence-corrected chi connectivity index (χ1v) is 25.1. The Labute approximate surface area is 425 Å². The van der Waals surface area contributed by atoms with E-state index in [4.69, 9.17) is 4.42 Å². The van der Waals surface area contributed by atoms with Crippen molar-refractivity contribution in [3.8, 4) is 55.6 Å². The molecule has 0 unspecified atom stereocenters. The van der Waals surface area contributed by atoms with Crippen molar-refractivity contribution in [3.05, 3.63) is 307 Å². The van der Waals surface area contributed by atoms with E-state index in [0.29, 0.717) is 0 Å². The lowest BCUT2D eigenvalue weighted by Gasteiger charge is -2.34. The molecular weight excluding hydrogens is 883 g/mol. The van der Waals surface area contributed by atoms with Crippen molar-refractivity contribution in [1.29, 1.82) is 0 Å². The van der Waals surface area contributed by atoms with Crippen LogP contribution in [0.4, 0.5) is 17.1 Å². The fourth-order valence-corrected chi connectivity index (χ4v) is 11.7. The minimum absolute atomic E-state index is 0.461. The van der Waals surface area contributed by atoms with E-state index in [0.717, 1.165) is 50.1 Å². The zero-order valence-corrected chi connectivity index (χ0v) is 40.0. The van der Waals surface area contributed by atoms with Crippen LogP contribution < -0.4 is 4.90 Å². The Balaban J connectivity index is 0.845. The second-order valence-electron chi connectivity index (χ2n) is 19.2. The zero-order chi connectivity index (χ0) is 48.3. The molecule has 0 atom stereocenters. The third-order valence-electron chi connectivity index (χ3n) is 15.2. The van der Waals surface area contributed by atoms with Gasteiger partial charge in [-0.3, -0.25) is 0 Å². The lowest BCUT2D eigenvalue weighted by Crippen LogP contribution is -2.28. The van der Waals surface area contributed by atoms with Crippen LogP contribution in [0, 0.1) is 0 Å². The number of nitrogens with zero attached hydrogens (tertiary/aromatic N) is 1. The Morgan fingerprint density at radius 1 is 0.274 bits per heavy atom. The SMILES string of the molecule is c1ccc(C2(c3ccccc3)c3ccccc3-c3c(-c4ccc(N(c5ccc(-c6ccc(-c7ccc8ccccc8c7)cc6)cc5)c5ccc(-c6ccc7oc8ccccc8c7c6)cc5)cc4)cccc32)cc1. The molecule has 0 saturated carbocycles. The molecule has 2 nitrogen and oxygen atoms in total. The molecule has 0 N–H and O–H groups in total. The Kier molecular flexibility index (Phi) is 10.1. The van der Waals surface area contributed by atoms with Gasteiger partial charge in [0.2, 0.25) is 0 Å². The average molecular weight is 930 g/mol. The quantitative estimate of drug-likeness (QED) is 0.143. The predicted octanol–water partition coefficient (Wildman–Crippen LogP) is 19.2. The van der Waals surface area contributed by atoms with Gasteiger partial charge in [0.05, 0.1) is 5.41 Å². The van der Waals surface area contributed by atoms with Gasteiger partial charge in [-0.05, 0) is 149 Å². The molecule has 0 radical (unpaired) electrons. The summed E-state index contributed by atoms with van der Waals surface area (Å²) in [6.07, 6.45) is 0. The highest BCUT2D eigenvalue weighted by molar-refractivity contribution is 6.06. The summed E-state index contributed by atoms with van der Waals surface area (Å²) in [4.78, 5) is 2.37. The fourth-order valence-electron chi connectivity index (χ4n) is 11.7. The van der Waals surface area contributed by atoms with E-state index in [9.17, 15) is 0 Å². The first-order valence-electron chi connectivity index (χ1n) is 25.1. The predicted molar refractivity (Wildman–Crippen MR) is 305 cm³/mol. The largest absolute Gasteiger partial charge is 0.456 e. The Bertz CT molecular complexity index is 4110. The van der Waals surface area contributed by atoms with Crippen LogP contribution in [0.5, 0.6) is 0 Å². The number of benzene rings is 12. The van der Waals surface area contributed by atoms with Gasteiger partial charge in [0, 0.05) is 27.8 Å². The van der Waals surface area contributed by atoms with Crippen molar-refractivity contribution in [2.75, 3.05) is 4.90 Å². The van der Waals surface area contributed by atoms with E-state index in [-0.39, 0.29) is 0 Å². The maximum Gasteiger partial charge on any atom is 0.135 e. The molecule has 14 rings (SSSR count). The highest BCUT2D eigenvalue weighted by Crippen LogP contribution is 2.58. The molecule has 0 spiro atoms.